The molecule has 0 spiro atoms. The molecule has 0 unspecified atom stereocenters. The molecule has 0 radical (unpaired) electrons. The standard InChI is InChI=1S/C11H14BrFN2O/c1-14-3-2-11(16)15-7-8-4-9(12)6-10(13)5-8/h4-6,14H,2-3,7H2,1H3,(H,15,16). The summed E-state index contributed by atoms with van der Waals surface area (Å²) in [4.78, 5) is 11.3. The number of nitrogens with one attached hydrogen (secondary N) is 2. The SMILES string of the molecule is CNCCC(=O)NCc1cc(F)cc(Br)c1. The first-order valence-electron chi connectivity index (χ1n) is 4.98. The van der Waals surface area contributed by atoms with Crippen LogP contribution in [0.4, 0.5) is 4.39 Å². The van der Waals surface area contributed by atoms with Gasteiger partial charge in [-0.15, -0.1) is 0 Å². The minimum atomic E-state index is -0.311. The van der Waals surface area contributed by atoms with Crippen molar-refractivity contribution in [3.63, 3.8) is 0 Å². The maximum Gasteiger partial charge on any atom is 0.221 e. The van der Waals surface area contributed by atoms with Crippen LogP contribution in [0.3, 0.4) is 0 Å². The van der Waals surface area contributed by atoms with E-state index < -0.39 is 0 Å². The average molecular weight is 289 g/mol. The van der Waals surface area contributed by atoms with Crippen LogP contribution in [0.1, 0.15) is 12.0 Å². The molecule has 0 saturated heterocycles. The van der Waals surface area contributed by atoms with E-state index in [1.165, 1.54) is 12.1 Å². The summed E-state index contributed by atoms with van der Waals surface area (Å²) in [5.41, 5.74) is 0.740. The first-order valence-corrected chi connectivity index (χ1v) is 5.77. The monoisotopic (exact) mass is 288 g/mol. The van der Waals surface area contributed by atoms with Crippen molar-refractivity contribution in [1.82, 2.24) is 10.6 Å². The van der Waals surface area contributed by atoms with E-state index in [0.29, 0.717) is 24.0 Å². The normalized spacial score (nSPS) is 10.2. The number of carbonyl (C=O) groups excluding carboxylic acids is 1. The van der Waals surface area contributed by atoms with E-state index >= 15 is 0 Å². The predicted octanol–water partition coefficient (Wildman–Crippen LogP) is 1.81. The zero-order chi connectivity index (χ0) is 12.0. The van der Waals surface area contributed by atoms with Crippen molar-refractivity contribution in [1.29, 1.82) is 0 Å². The molecule has 1 aromatic rings. The van der Waals surface area contributed by atoms with Crippen LogP contribution in [-0.2, 0) is 11.3 Å². The highest BCUT2D eigenvalue weighted by Gasteiger charge is 2.02. The van der Waals surface area contributed by atoms with Crippen molar-refractivity contribution >= 4 is 21.8 Å². The maximum absolute atomic E-state index is 13.0. The first-order chi connectivity index (χ1) is 7.61. The molecule has 0 aromatic heterocycles. The Morgan fingerprint density at radius 2 is 2.19 bits per heavy atom. The van der Waals surface area contributed by atoms with Crippen LogP contribution in [0.15, 0.2) is 22.7 Å². The minimum absolute atomic E-state index is 0.0465. The Hall–Kier alpha value is -0.940. The largest absolute Gasteiger partial charge is 0.352 e. The zero-order valence-electron chi connectivity index (χ0n) is 9.02. The molecule has 16 heavy (non-hydrogen) atoms. The predicted molar refractivity (Wildman–Crippen MR) is 64.5 cm³/mol. The Morgan fingerprint density at radius 3 is 2.81 bits per heavy atom. The molecule has 0 aliphatic carbocycles. The molecule has 0 bridgehead atoms. The van der Waals surface area contributed by atoms with Gasteiger partial charge < -0.3 is 10.6 Å². The molecule has 0 saturated carbocycles. The summed E-state index contributed by atoms with van der Waals surface area (Å²) < 4.78 is 13.7. The highest BCUT2D eigenvalue weighted by molar-refractivity contribution is 9.10. The minimum Gasteiger partial charge on any atom is -0.352 e. The van der Waals surface area contributed by atoms with Crippen LogP contribution < -0.4 is 10.6 Å². The van der Waals surface area contributed by atoms with Gasteiger partial charge in [0, 0.05) is 24.0 Å². The van der Waals surface area contributed by atoms with Crippen LogP contribution in [0.25, 0.3) is 0 Å². The summed E-state index contributed by atoms with van der Waals surface area (Å²) in [7, 11) is 1.79. The Balaban J connectivity index is 2.45. The second kappa shape index (κ2) is 6.60. The van der Waals surface area contributed by atoms with Gasteiger partial charge in [0.1, 0.15) is 5.82 Å². The van der Waals surface area contributed by atoms with Crippen molar-refractivity contribution in [3.8, 4) is 0 Å². The van der Waals surface area contributed by atoms with Crippen molar-refractivity contribution in [2.75, 3.05) is 13.6 Å². The summed E-state index contributed by atoms with van der Waals surface area (Å²) in [5, 5.41) is 5.61. The quantitative estimate of drug-likeness (QED) is 0.868. The number of rotatable bonds is 5. The van der Waals surface area contributed by atoms with Crippen LogP contribution in [0.2, 0.25) is 0 Å². The molecule has 0 aliphatic heterocycles. The lowest BCUT2D eigenvalue weighted by Crippen LogP contribution is -2.26. The highest BCUT2D eigenvalue weighted by Crippen LogP contribution is 2.14. The Labute approximate surface area is 103 Å². The molecule has 1 rings (SSSR count). The van der Waals surface area contributed by atoms with E-state index in [9.17, 15) is 9.18 Å². The van der Waals surface area contributed by atoms with Gasteiger partial charge >= 0.3 is 0 Å². The number of amides is 1. The summed E-state index contributed by atoms with van der Waals surface area (Å²) in [6, 6.07) is 4.57. The molecule has 0 fully saturated rings. The fourth-order valence-electron chi connectivity index (χ4n) is 1.24. The van der Waals surface area contributed by atoms with E-state index in [2.05, 4.69) is 26.6 Å². The summed E-state index contributed by atoms with van der Waals surface area (Å²) >= 11 is 3.20. The molecule has 2 N–H and O–H groups in total. The Kier molecular flexibility index (Phi) is 5.42. The third-order valence-corrected chi connectivity index (χ3v) is 2.47. The smallest absolute Gasteiger partial charge is 0.221 e. The van der Waals surface area contributed by atoms with Gasteiger partial charge in [-0.05, 0) is 30.8 Å². The van der Waals surface area contributed by atoms with E-state index in [4.69, 9.17) is 0 Å². The lowest BCUT2D eigenvalue weighted by Gasteiger charge is -2.05. The number of hydrogen-bond donors (Lipinski definition) is 2. The summed E-state index contributed by atoms with van der Waals surface area (Å²) in [6.45, 7) is 0.984. The van der Waals surface area contributed by atoms with Crippen LogP contribution >= 0.6 is 15.9 Å². The second-order valence-electron chi connectivity index (χ2n) is 3.41. The van der Waals surface area contributed by atoms with Gasteiger partial charge in [0.15, 0.2) is 0 Å². The molecule has 3 nitrogen and oxygen atoms in total. The fourth-order valence-corrected chi connectivity index (χ4v) is 1.75. The van der Waals surface area contributed by atoms with Crippen LogP contribution in [-0.4, -0.2) is 19.5 Å². The molecule has 0 aliphatic rings. The molecular formula is C11H14BrFN2O. The molecular weight excluding hydrogens is 275 g/mol. The first kappa shape index (κ1) is 13.1. The number of halogens is 2. The van der Waals surface area contributed by atoms with Crippen molar-refractivity contribution in [2.24, 2.45) is 0 Å². The van der Waals surface area contributed by atoms with Crippen molar-refractivity contribution in [3.05, 3.63) is 34.1 Å². The number of carbonyl (C=O) groups is 1. The van der Waals surface area contributed by atoms with E-state index in [0.717, 1.165) is 5.56 Å². The number of hydrogen-bond acceptors (Lipinski definition) is 2. The number of benzene rings is 1. The average Bonchev–Trinajstić information content (AvgIpc) is 2.22. The lowest BCUT2D eigenvalue weighted by molar-refractivity contribution is -0.121. The molecule has 5 heteroatoms. The van der Waals surface area contributed by atoms with Crippen LogP contribution in [0.5, 0.6) is 0 Å². The van der Waals surface area contributed by atoms with E-state index in [-0.39, 0.29) is 11.7 Å². The van der Waals surface area contributed by atoms with Crippen LogP contribution in [0, 0.1) is 5.82 Å². The highest BCUT2D eigenvalue weighted by atomic mass is 79.9. The van der Waals surface area contributed by atoms with Gasteiger partial charge in [-0.1, -0.05) is 15.9 Å². The summed E-state index contributed by atoms with van der Waals surface area (Å²) in [6.07, 6.45) is 0.424. The molecule has 1 amide bonds. The van der Waals surface area contributed by atoms with Gasteiger partial charge in [0.25, 0.3) is 0 Å². The van der Waals surface area contributed by atoms with E-state index in [1.807, 2.05) is 0 Å². The second-order valence-corrected chi connectivity index (χ2v) is 4.32. The van der Waals surface area contributed by atoms with Gasteiger partial charge in [0.2, 0.25) is 5.91 Å². The third-order valence-electron chi connectivity index (χ3n) is 2.01. The van der Waals surface area contributed by atoms with Gasteiger partial charge in [-0.25, -0.2) is 4.39 Å². The topological polar surface area (TPSA) is 41.1 Å². The van der Waals surface area contributed by atoms with Gasteiger partial charge in [-0.2, -0.15) is 0 Å². The Morgan fingerprint density at radius 1 is 1.44 bits per heavy atom. The molecule has 1 aromatic carbocycles. The van der Waals surface area contributed by atoms with Crippen molar-refractivity contribution < 1.29 is 9.18 Å². The van der Waals surface area contributed by atoms with Gasteiger partial charge in [0.05, 0.1) is 0 Å². The maximum atomic E-state index is 13.0. The lowest BCUT2D eigenvalue weighted by atomic mass is 10.2. The van der Waals surface area contributed by atoms with E-state index in [1.54, 1.807) is 13.1 Å². The molecule has 0 heterocycles. The fraction of sp³-hybridized carbons (Fsp3) is 0.364. The molecule has 0 atom stereocenters. The van der Waals surface area contributed by atoms with Crippen molar-refractivity contribution in [2.45, 2.75) is 13.0 Å². The molecule has 88 valence electrons. The van der Waals surface area contributed by atoms with Gasteiger partial charge in [-0.3, -0.25) is 4.79 Å². The Bertz CT molecular complexity index is 351. The zero-order valence-corrected chi connectivity index (χ0v) is 10.6. The third kappa shape index (κ3) is 4.72. The summed E-state index contributed by atoms with van der Waals surface area (Å²) in [5.74, 6) is -0.358.